The van der Waals surface area contributed by atoms with E-state index in [1.807, 2.05) is 30.3 Å². The van der Waals surface area contributed by atoms with Crippen molar-refractivity contribution in [3.8, 4) is 0 Å². The van der Waals surface area contributed by atoms with Crippen LogP contribution in [-0.4, -0.2) is 4.38 Å². The zero-order valence-corrected chi connectivity index (χ0v) is 9.03. The van der Waals surface area contributed by atoms with Gasteiger partial charge in [0.25, 0.3) is 0 Å². The third-order valence-corrected chi connectivity index (χ3v) is 1.45. The molecule has 0 atom stereocenters. The minimum absolute atomic E-state index is 0. The molecule has 66 valence electrons. The van der Waals surface area contributed by atoms with Crippen LogP contribution in [0.1, 0.15) is 5.56 Å². The molecule has 1 rings (SSSR count). The van der Waals surface area contributed by atoms with E-state index in [-0.39, 0.29) is 21.5 Å². The molecule has 0 radical (unpaired) electrons. The molecule has 0 bridgehead atoms. The Labute approximate surface area is 93.4 Å². The predicted octanol–water partition coefficient (Wildman–Crippen LogP) is 2.42. The van der Waals surface area contributed by atoms with Gasteiger partial charge in [0, 0.05) is 17.1 Å². The Balaban J connectivity index is 0.00000121. The summed E-state index contributed by atoms with van der Waals surface area (Å²) in [5, 5.41) is 0. The van der Waals surface area contributed by atoms with Crippen molar-refractivity contribution in [2.24, 2.45) is 0 Å². The van der Waals surface area contributed by atoms with Crippen LogP contribution in [0.25, 0.3) is 0 Å². The first-order chi connectivity index (χ1) is 5.29. The topological polar surface area (TPSA) is 9.23 Å². The van der Waals surface area contributed by atoms with E-state index >= 15 is 0 Å². The molecule has 0 unspecified atom stereocenters. The van der Waals surface area contributed by atoms with Gasteiger partial charge in [0.05, 0.1) is 0 Å². The average molecular weight is 240 g/mol. The minimum atomic E-state index is 0. The third-order valence-electron chi connectivity index (χ3n) is 1.21. The van der Waals surface area contributed by atoms with Crippen molar-refractivity contribution in [3.63, 3.8) is 0 Å². The molecule has 4 heteroatoms. The Hall–Kier alpha value is -0.0205. The van der Waals surface area contributed by atoms with Gasteiger partial charge in [-0.3, -0.25) is 0 Å². The SMILES string of the molecule is S=C(S)OCc1ccccc1.[Fe]. The van der Waals surface area contributed by atoms with Gasteiger partial charge in [-0.25, -0.2) is 0 Å². The molecule has 0 saturated heterocycles. The summed E-state index contributed by atoms with van der Waals surface area (Å²) in [5.41, 5.74) is 1.10. The number of thiocarbonyl (C=S) groups is 1. The van der Waals surface area contributed by atoms with E-state index in [4.69, 9.17) is 4.74 Å². The van der Waals surface area contributed by atoms with Crippen molar-refractivity contribution in [3.05, 3.63) is 35.9 Å². The Morgan fingerprint density at radius 1 is 1.33 bits per heavy atom. The third kappa shape index (κ3) is 4.78. The van der Waals surface area contributed by atoms with Gasteiger partial charge in [-0.2, -0.15) is 0 Å². The molecular weight excluding hydrogens is 232 g/mol. The van der Waals surface area contributed by atoms with Crippen molar-refractivity contribution in [2.75, 3.05) is 0 Å². The second-order valence-electron chi connectivity index (χ2n) is 2.04. The van der Waals surface area contributed by atoms with Gasteiger partial charge in [-0.15, -0.1) is 0 Å². The molecule has 0 heterocycles. The fourth-order valence-electron chi connectivity index (χ4n) is 0.719. The van der Waals surface area contributed by atoms with E-state index in [0.717, 1.165) is 5.56 Å². The zero-order chi connectivity index (χ0) is 8.10. The molecule has 0 aliphatic heterocycles. The number of ether oxygens (including phenoxy) is 1. The molecule has 0 aromatic heterocycles. The van der Waals surface area contributed by atoms with E-state index in [1.54, 1.807) is 0 Å². The second kappa shape index (κ2) is 6.49. The predicted molar refractivity (Wildman–Crippen MR) is 52.8 cm³/mol. The van der Waals surface area contributed by atoms with Crippen molar-refractivity contribution in [2.45, 2.75) is 6.61 Å². The van der Waals surface area contributed by atoms with Crippen molar-refractivity contribution in [1.29, 1.82) is 0 Å². The quantitative estimate of drug-likeness (QED) is 0.483. The van der Waals surface area contributed by atoms with Gasteiger partial charge in [-0.1, -0.05) is 43.0 Å². The van der Waals surface area contributed by atoms with Crippen LogP contribution in [-0.2, 0) is 28.4 Å². The van der Waals surface area contributed by atoms with Gasteiger partial charge in [0.1, 0.15) is 6.61 Å². The molecule has 0 saturated carbocycles. The fourth-order valence-corrected chi connectivity index (χ4v) is 0.843. The molecule has 0 aliphatic carbocycles. The maximum absolute atomic E-state index is 5.02. The van der Waals surface area contributed by atoms with Crippen molar-refractivity contribution >= 4 is 29.2 Å². The summed E-state index contributed by atoms with van der Waals surface area (Å²) in [5.74, 6) is 0. The van der Waals surface area contributed by atoms with Crippen LogP contribution in [0.15, 0.2) is 30.3 Å². The van der Waals surface area contributed by atoms with E-state index in [9.17, 15) is 0 Å². The van der Waals surface area contributed by atoms with E-state index in [2.05, 4.69) is 24.8 Å². The number of benzene rings is 1. The summed E-state index contributed by atoms with van der Waals surface area (Å²) < 4.78 is 5.31. The molecule has 12 heavy (non-hydrogen) atoms. The number of hydrogen-bond acceptors (Lipinski definition) is 2. The molecule has 1 aromatic carbocycles. The van der Waals surface area contributed by atoms with Crippen LogP contribution in [0.2, 0.25) is 0 Å². The largest absolute Gasteiger partial charge is 0.474 e. The molecule has 0 fully saturated rings. The Morgan fingerprint density at radius 2 is 1.92 bits per heavy atom. The summed E-state index contributed by atoms with van der Waals surface area (Å²) in [6.45, 7) is 0.503. The standard InChI is InChI=1S/C8H8OS2.Fe/c10-8(11)9-6-7-4-2-1-3-5-7;/h1-5H,6H2,(H,10,11);. The average Bonchev–Trinajstić information content (AvgIpc) is 2.03. The molecule has 1 nitrogen and oxygen atoms in total. The van der Waals surface area contributed by atoms with E-state index in [0.29, 0.717) is 6.61 Å². The Bertz CT molecular complexity index is 238. The van der Waals surface area contributed by atoms with Gasteiger partial charge in [0.15, 0.2) is 0 Å². The number of thiol groups is 1. The number of rotatable bonds is 2. The summed E-state index contributed by atoms with van der Waals surface area (Å²) >= 11 is 8.47. The monoisotopic (exact) mass is 240 g/mol. The molecular formula is C8H8FeOS2. The van der Waals surface area contributed by atoms with Gasteiger partial charge < -0.3 is 4.74 Å². The molecule has 0 spiro atoms. The van der Waals surface area contributed by atoms with E-state index in [1.165, 1.54) is 0 Å². The van der Waals surface area contributed by atoms with Crippen LogP contribution in [0.4, 0.5) is 0 Å². The number of hydrogen-bond donors (Lipinski definition) is 1. The summed E-state index contributed by atoms with van der Waals surface area (Å²) in [4.78, 5) is 0. The Morgan fingerprint density at radius 3 is 2.42 bits per heavy atom. The normalized spacial score (nSPS) is 8.42. The molecule has 0 N–H and O–H groups in total. The molecule has 1 aromatic rings. The van der Waals surface area contributed by atoms with Gasteiger partial charge in [0.2, 0.25) is 4.38 Å². The fraction of sp³-hybridized carbons (Fsp3) is 0.125. The summed E-state index contributed by atoms with van der Waals surface area (Å²) in [6, 6.07) is 9.83. The molecule has 0 aliphatic rings. The van der Waals surface area contributed by atoms with Crippen LogP contribution in [0.3, 0.4) is 0 Å². The summed E-state index contributed by atoms with van der Waals surface area (Å²) in [6.07, 6.45) is 0. The first-order valence-electron chi connectivity index (χ1n) is 3.18. The maximum Gasteiger partial charge on any atom is 0.217 e. The molecule has 0 amide bonds. The second-order valence-corrected chi connectivity index (χ2v) is 3.12. The van der Waals surface area contributed by atoms with Crippen LogP contribution in [0, 0.1) is 0 Å². The van der Waals surface area contributed by atoms with Crippen molar-refractivity contribution < 1.29 is 21.8 Å². The van der Waals surface area contributed by atoms with Gasteiger partial charge >= 0.3 is 0 Å². The van der Waals surface area contributed by atoms with Crippen LogP contribution in [0.5, 0.6) is 0 Å². The Kier molecular flexibility index (Phi) is 6.48. The smallest absolute Gasteiger partial charge is 0.217 e. The van der Waals surface area contributed by atoms with Gasteiger partial charge in [-0.05, 0) is 17.8 Å². The van der Waals surface area contributed by atoms with Crippen molar-refractivity contribution in [1.82, 2.24) is 0 Å². The maximum atomic E-state index is 5.02. The first-order valence-corrected chi connectivity index (χ1v) is 4.04. The first kappa shape index (κ1) is 12.0. The summed E-state index contributed by atoms with van der Waals surface area (Å²) in [7, 11) is 0. The van der Waals surface area contributed by atoms with Crippen LogP contribution < -0.4 is 0 Å². The van der Waals surface area contributed by atoms with Crippen LogP contribution >= 0.6 is 24.8 Å². The zero-order valence-electron chi connectivity index (χ0n) is 6.21. The minimum Gasteiger partial charge on any atom is -0.474 e. The van der Waals surface area contributed by atoms with E-state index < -0.39 is 0 Å².